The summed E-state index contributed by atoms with van der Waals surface area (Å²) in [7, 11) is 0. The van der Waals surface area contributed by atoms with E-state index in [0.717, 1.165) is 12.1 Å². The second-order valence-corrected chi connectivity index (χ2v) is 5.69. The first-order valence-corrected chi connectivity index (χ1v) is 7.06. The van der Waals surface area contributed by atoms with Crippen LogP contribution in [0, 0.1) is 0 Å². The highest BCUT2D eigenvalue weighted by Crippen LogP contribution is 2.24. The number of hydrogen-bond acceptors (Lipinski definition) is 3. The average Bonchev–Trinajstić information content (AvgIpc) is 2.96. The summed E-state index contributed by atoms with van der Waals surface area (Å²) in [5.41, 5.74) is 1.73. The number of aromatic hydroxyl groups is 1. The molecule has 0 aromatic carbocycles. The van der Waals surface area contributed by atoms with E-state index in [9.17, 15) is 5.11 Å². The average molecular weight is 259 g/mol. The predicted octanol–water partition coefficient (Wildman–Crippen LogP) is 2.46. The van der Waals surface area contributed by atoms with Gasteiger partial charge in [-0.25, -0.2) is 4.98 Å². The Balaban J connectivity index is 1.83. The molecule has 0 amide bonds. The van der Waals surface area contributed by atoms with Gasteiger partial charge in [0, 0.05) is 30.9 Å². The zero-order valence-electron chi connectivity index (χ0n) is 11.6. The fraction of sp³-hybridized carbons (Fsp3) is 0.533. The molecule has 19 heavy (non-hydrogen) atoms. The molecule has 1 aliphatic heterocycles. The predicted molar refractivity (Wildman–Crippen MR) is 75.4 cm³/mol. The number of aromatic nitrogens is 2. The maximum absolute atomic E-state index is 9.79. The van der Waals surface area contributed by atoms with Gasteiger partial charge in [-0.3, -0.25) is 4.90 Å². The van der Waals surface area contributed by atoms with E-state index in [2.05, 4.69) is 23.7 Å². The fourth-order valence-corrected chi connectivity index (χ4v) is 3.15. The molecule has 0 spiro atoms. The summed E-state index contributed by atoms with van der Waals surface area (Å²) in [5.74, 6) is 0.251. The largest absolute Gasteiger partial charge is 0.504 e. The van der Waals surface area contributed by atoms with Crippen LogP contribution in [0.4, 0.5) is 0 Å². The minimum atomic E-state index is 0.251. The van der Waals surface area contributed by atoms with Crippen molar-refractivity contribution < 1.29 is 5.11 Å². The van der Waals surface area contributed by atoms with Crippen molar-refractivity contribution in [3.05, 3.63) is 30.2 Å². The lowest BCUT2D eigenvalue weighted by atomic mass is 10.1. The molecule has 1 N–H and O–H groups in total. The SMILES string of the molecule is CC(C)N1CCCC1Cc1cn2cccc(O)c2n1. The molecule has 0 saturated carbocycles. The van der Waals surface area contributed by atoms with Crippen LogP contribution in [0.25, 0.3) is 5.65 Å². The van der Waals surface area contributed by atoms with Crippen LogP contribution in [-0.2, 0) is 6.42 Å². The van der Waals surface area contributed by atoms with Gasteiger partial charge in [0.05, 0.1) is 5.69 Å². The van der Waals surface area contributed by atoms with Crippen LogP contribution in [0.3, 0.4) is 0 Å². The Morgan fingerprint density at radius 3 is 3.05 bits per heavy atom. The molecule has 4 nitrogen and oxygen atoms in total. The molecule has 0 aliphatic carbocycles. The van der Waals surface area contributed by atoms with Crippen molar-refractivity contribution in [3.8, 4) is 5.75 Å². The molecular formula is C15H21N3O. The number of rotatable bonds is 3. The normalized spacial score (nSPS) is 20.7. The van der Waals surface area contributed by atoms with E-state index in [1.807, 2.05) is 22.9 Å². The second kappa shape index (κ2) is 4.85. The lowest BCUT2D eigenvalue weighted by molar-refractivity contribution is 0.202. The van der Waals surface area contributed by atoms with Crippen LogP contribution in [0.5, 0.6) is 5.75 Å². The first-order valence-electron chi connectivity index (χ1n) is 7.06. The summed E-state index contributed by atoms with van der Waals surface area (Å²) < 4.78 is 1.90. The molecule has 4 heteroatoms. The Bertz CT molecular complexity index is 576. The molecule has 3 rings (SSSR count). The highest BCUT2D eigenvalue weighted by molar-refractivity contribution is 5.53. The van der Waals surface area contributed by atoms with E-state index >= 15 is 0 Å². The number of nitrogens with zero attached hydrogens (tertiary/aromatic N) is 3. The Labute approximate surface area is 113 Å². The molecule has 3 heterocycles. The lowest BCUT2D eigenvalue weighted by Crippen LogP contribution is -2.36. The van der Waals surface area contributed by atoms with Crippen molar-refractivity contribution in [3.63, 3.8) is 0 Å². The third kappa shape index (κ3) is 2.32. The lowest BCUT2D eigenvalue weighted by Gasteiger charge is -2.27. The van der Waals surface area contributed by atoms with Gasteiger partial charge in [-0.05, 0) is 45.4 Å². The number of likely N-dealkylation sites (tertiary alicyclic amines) is 1. The Morgan fingerprint density at radius 2 is 2.32 bits per heavy atom. The molecule has 1 saturated heterocycles. The first kappa shape index (κ1) is 12.5. The fourth-order valence-electron chi connectivity index (χ4n) is 3.15. The monoisotopic (exact) mass is 259 g/mol. The van der Waals surface area contributed by atoms with Crippen LogP contribution in [0.1, 0.15) is 32.4 Å². The third-order valence-corrected chi connectivity index (χ3v) is 4.04. The van der Waals surface area contributed by atoms with E-state index in [1.54, 1.807) is 6.07 Å². The van der Waals surface area contributed by atoms with Gasteiger partial charge in [-0.1, -0.05) is 0 Å². The summed E-state index contributed by atoms with van der Waals surface area (Å²) in [6.07, 6.45) is 7.46. The van der Waals surface area contributed by atoms with E-state index in [-0.39, 0.29) is 5.75 Å². The zero-order chi connectivity index (χ0) is 13.4. The minimum Gasteiger partial charge on any atom is -0.504 e. The van der Waals surface area contributed by atoms with Crippen molar-refractivity contribution in [1.29, 1.82) is 0 Å². The number of hydrogen-bond donors (Lipinski definition) is 1. The topological polar surface area (TPSA) is 40.8 Å². The molecule has 1 aliphatic rings. The Morgan fingerprint density at radius 1 is 1.47 bits per heavy atom. The third-order valence-electron chi connectivity index (χ3n) is 4.04. The molecule has 2 aromatic heterocycles. The summed E-state index contributed by atoms with van der Waals surface area (Å²) in [6.45, 7) is 5.71. The zero-order valence-corrected chi connectivity index (χ0v) is 11.6. The van der Waals surface area contributed by atoms with Crippen LogP contribution in [-0.4, -0.2) is 38.0 Å². The summed E-state index contributed by atoms with van der Waals surface area (Å²) in [6, 6.07) is 4.70. The molecular weight excluding hydrogens is 238 g/mol. The quantitative estimate of drug-likeness (QED) is 0.920. The standard InChI is InChI=1S/C15H21N3O/c1-11(2)18-8-3-5-13(18)9-12-10-17-7-4-6-14(19)15(17)16-12/h4,6-7,10-11,13,19H,3,5,8-9H2,1-2H3. The molecule has 1 unspecified atom stereocenters. The second-order valence-electron chi connectivity index (χ2n) is 5.69. The smallest absolute Gasteiger partial charge is 0.179 e. The molecule has 1 atom stereocenters. The van der Waals surface area contributed by atoms with Gasteiger partial charge >= 0.3 is 0 Å². The Hall–Kier alpha value is -1.55. The number of imidazole rings is 1. The van der Waals surface area contributed by atoms with Crippen LogP contribution < -0.4 is 0 Å². The van der Waals surface area contributed by atoms with Gasteiger partial charge in [0.15, 0.2) is 11.4 Å². The van der Waals surface area contributed by atoms with E-state index in [0.29, 0.717) is 17.7 Å². The van der Waals surface area contributed by atoms with Gasteiger partial charge in [-0.15, -0.1) is 0 Å². The highest BCUT2D eigenvalue weighted by atomic mass is 16.3. The summed E-state index contributed by atoms with van der Waals surface area (Å²) in [5, 5.41) is 9.79. The highest BCUT2D eigenvalue weighted by Gasteiger charge is 2.27. The van der Waals surface area contributed by atoms with E-state index < -0.39 is 0 Å². The summed E-state index contributed by atoms with van der Waals surface area (Å²) >= 11 is 0. The maximum atomic E-state index is 9.79. The maximum Gasteiger partial charge on any atom is 0.179 e. The number of pyridine rings is 1. The van der Waals surface area contributed by atoms with Crippen molar-refractivity contribution in [2.45, 2.75) is 45.2 Å². The van der Waals surface area contributed by atoms with Crippen LogP contribution in [0.2, 0.25) is 0 Å². The van der Waals surface area contributed by atoms with Crippen molar-refractivity contribution in [2.24, 2.45) is 0 Å². The van der Waals surface area contributed by atoms with Crippen LogP contribution >= 0.6 is 0 Å². The van der Waals surface area contributed by atoms with Crippen LogP contribution in [0.15, 0.2) is 24.5 Å². The molecule has 0 bridgehead atoms. The van der Waals surface area contributed by atoms with Gasteiger partial charge in [-0.2, -0.15) is 0 Å². The number of fused-ring (bicyclic) bond motifs is 1. The van der Waals surface area contributed by atoms with E-state index in [4.69, 9.17) is 0 Å². The van der Waals surface area contributed by atoms with Crippen molar-refractivity contribution in [1.82, 2.24) is 14.3 Å². The van der Waals surface area contributed by atoms with E-state index in [1.165, 1.54) is 19.4 Å². The van der Waals surface area contributed by atoms with Gasteiger partial charge < -0.3 is 9.51 Å². The minimum absolute atomic E-state index is 0.251. The summed E-state index contributed by atoms with van der Waals surface area (Å²) in [4.78, 5) is 7.12. The molecule has 1 fully saturated rings. The van der Waals surface area contributed by atoms with Gasteiger partial charge in [0.1, 0.15) is 0 Å². The molecule has 102 valence electrons. The van der Waals surface area contributed by atoms with Gasteiger partial charge in [0.25, 0.3) is 0 Å². The van der Waals surface area contributed by atoms with Crippen molar-refractivity contribution >= 4 is 5.65 Å². The Kier molecular flexibility index (Phi) is 3.19. The molecule has 2 aromatic rings. The molecule has 0 radical (unpaired) electrons. The van der Waals surface area contributed by atoms with Crippen molar-refractivity contribution in [2.75, 3.05) is 6.54 Å². The van der Waals surface area contributed by atoms with Gasteiger partial charge in [0.2, 0.25) is 0 Å². The first-order chi connectivity index (χ1) is 9.15.